The Labute approximate surface area is 138 Å². The minimum atomic E-state index is 0.297. The summed E-state index contributed by atoms with van der Waals surface area (Å²) in [6.07, 6.45) is 5.26. The van der Waals surface area contributed by atoms with Crippen LogP contribution in [-0.4, -0.2) is 17.2 Å². The third-order valence-corrected chi connectivity index (χ3v) is 5.45. The summed E-state index contributed by atoms with van der Waals surface area (Å²) in [6.45, 7) is 11.1. The molecule has 0 aliphatic heterocycles. The predicted octanol–water partition coefficient (Wildman–Crippen LogP) is 5.69. The normalized spacial score (nSPS) is 26.8. The SMILES string of the molecule is CC(C)Cc1sc(Cl)nc1C1CCC(C)C(OC(C)C)C1. The average molecular weight is 330 g/mol. The van der Waals surface area contributed by atoms with Gasteiger partial charge in [0.2, 0.25) is 0 Å². The van der Waals surface area contributed by atoms with Crippen LogP contribution in [-0.2, 0) is 11.2 Å². The summed E-state index contributed by atoms with van der Waals surface area (Å²) in [6, 6.07) is 0. The summed E-state index contributed by atoms with van der Waals surface area (Å²) in [5.74, 6) is 1.80. The maximum absolute atomic E-state index is 6.19. The van der Waals surface area contributed by atoms with E-state index in [0.29, 0.717) is 34.4 Å². The van der Waals surface area contributed by atoms with E-state index in [0.717, 1.165) is 12.8 Å². The zero-order valence-corrected chi connectivity index (χ0v) is 15.4. The molecule has 0 amide bonds. The molecule has 1 saturated carbocycles. The molecule has 120 valence electrons. The van der Waals surface area contributed by atoms with Crippen LogP contribution in [0.3, 0.4) is 0 Å². The summed E-state index contributed by atoms with van der Waals surface area (Å²) >= 11 is 7.86. The smallest absolute Gasteiger partial charge is 0.184 e. The van der Waals surface area contributed by atoms with E-state index in [1.807, 2.05) is 0 Å². The van der Waals surface area contributed by atoms with Gasteiger partial charge in [0.1, 0.15) is 0 Å². The van der Waals surface area contributed by atoms with Crippen molar-refractivity contribution in [1.82, 2.24) is 4.98 Å². The van der Waals surface area contributed by atoms with E-state index < -0.39 is 0 Å². The lowest BCUT2D eigenvalue weighted by Crippen LogP contribution is -2.31. The molecule has 0 spiro atoms. The molecule has 4 heteroatoms. The monoisotopic (exact) mass is 329 g/mol. The third-order valence-electron chi connectivity index (χ3n) is 4.25. The fourth-order valence-corrected chi connectivity index (χ4v) is 4.69. The number of thiazole rings is 1. The molecule has 3 unspecified atom stereocenters. The Morgan fingerprint density at radius 3 is 2.62 bits per heavy atom. The van der Waals surface area contributed by atoms with Gasteiger partial charge in [-0.3, -0.25) is 0 Å². The molecule has 0 bridgehead atoms. The molecule has 2 rings (SSSR count). The van der Waals surface area contributed by atoms with E-state index in [9.17, 15) is 0 Å². The lowest BCUT2D eigenvalue weighted by molar-refractivity contribution is -0.0449. The fraction of sp³-hybridized carbons (Fsp3) is 0.824. The molecule has 1 heterocycles. The highest BCUT2D eigenvalue weighted by molar-refractivity contribution is 7.15. The van der Waals surface area contributed by atoms with Crippen LogP contribution in [0.5, 0.6) is 0 Å². The summed E-state index contributed by atoms with van der Waals surface area (Å²) in [7, 11) is 0. The molecule has 2 nitrogen and oxygen atoms in total. The Bertz CT molecular complexity index is 458. The maximum Gasteiger partial charge on any atom is 0.184 e. The molecule has 1 aromatic heterocycles. The van der Waals surface area contributed by atoms with E-state index in [1.165, 1.54) is 23.4 Å². The van der Waals surface area contributed by atoms with E-state index in [-0.39, 0.29) is 0 Å². The number of hydrogen-bond donors (Lipinski definition) is 0. The summed E-state index contributed by atoms with van der Waals surface area (Å²) in [5, 5.41) is 0. The molecular weight excluding hydrogens is 302 g/mol. The lowest BCUT2D eigenvalue weighted by atomic mass is 9.78. The zero-order chi connectivity index (χ0) is 15.6. The molecule has 0 saturated heterocycles. The molecular formula is C17H28ClNOS. The van der Waals surface area contributed by atoms with Crippen LogP contribution < -0.4 is 0 Å². The highest BCUT2D eigenvalue weighted by Gasteiger charge is 2.32. The minimum absolute atomic E-state index is 0.297. The largest absolute Gasteiger partial charge is 0.375 e. The van der Waals surface area contributed by atoms with Crippen molar-refractivity contribution in [3.63, 3.8) is 0 Å². The van der Waals surface area contributed by atoms with Crippen LogP contribution in [0, 0.1) is 11.8 Å². The zero-order valence-electron chi connectivity index (χ0n) is 13.9. The van der Waals surface area contributed by atoms with Crippen molar-refractivity contribution in [1.29, 1.82) is 0 Å². The fourth-order valence-electron chi connectivity index (χ4n) is 3.24. The predicted molar refractivity (Wildman–Crippen MR) is 91.4 cm³/mol. The second-order valence-electron chi connectivity index (χ2n) is 7.08. The van der Waals surface area contributed by atoms with E-state index in [4.69, 9.17) is 16.3 Å². The van der Waals surface area contributed by atoms with E-state index in [2.05, 4.69) is 39.6 Å². The molecule has 21 heavy (non-hydrogen) atoms. The van der Waals surface area contributed by atoms with Crippen LogP contribution >= 0.6 is 22.9 Å². The van der Waals surface area contributed by atoms with Gasteiger partial charge in [0.15, 0.2) is 4.47 Å². The molecule has 1 aromatic rings. The van der Waals surface area contributed by atoms with Gasteiger partial charge < -0.3 is 4.74 Å². The Morgan fingerprint density at radius 1 is 1.29 bits per heavy atom. The van der Waals surface area contributed by atoms with Gasteiger partial charge in [-0.1, -0.05) is 32.4 Å². The van der Waals surface area contributed by atoms with Crippen LogP contribution in [0.15, 0.2) is 0 Å². The first-order chi connectivity index (χ1) is 9.86. The molecule has 0 N–H and O–H groups in total. The van der Waals surface area contributed by atoms with E-state index >= 15 is 0 Å². The van der Waals surface area contributed by atoms with Crippen molar-refractivity contribution >= 4 is 22.9 Å². The first-order valence-corrected chi connectivity index (χ1v) is 9.36. The summed E-state index contributed by atoms with van der Waals surface area (Å²) in [5.41, 5.74) is 1.25. The summed E-state index contributed by atoms with van der Waals surface area (Å²) < 4.78 is 6.82. The van der Waals surface area contributed by atoms with Crippen LogP contribution in [0.1, 0.15) is 70.4 Å². The molecule has 1 fully saturated rings. The van der Waals surface area contributed by atoms with Crippen LogP contribution in [0.4, 0.5) is 0 Å². The number of ether oxygens (including phenoxy) is 1. The van der Waals surface area contributed by atoms with Gasteiger partial charge in [-0.2, -0.15) is 0 Å². The van der Waals surface area contributed by atoms with Gasteiger partial charge in [-0.15, -0.1) is 11.3 Å². The highest BCUT2D eigenvalue weighted by Crippen LogP contribution is 2.41. The Hall–Kier alpha value is -0.120. The van der Waals surface area contributed by atoms with Crippen LogP contribution in [0.25, 0.3) is 0 Å². The second kappa shape index (κ2) is 7.43. The van der Waals surface area contributed by atoms with Crippen molar-refractivity contribution < 1.29 is 4.74 Å². The molecule has 1 aliphatic rings. The lowest BCUT2D eigenvalue weighted by Gasteiger charge is -2.35. The first-order valence-electron chi connectivity index (χ1n) is 8.17. The van der Waals surface area contributed by atoms with Gasteiger partial charge in [0.05, 0.1) is 17.9 Å². The van der Waals surface area contributed by atoms with Gasteiger partial charge in [-0.05, 0) is 51.4 Å². The van der Waals surface area contributed by atoms with Crippen molar-refractivity contribution in [3.8, 4) is 0 Å². The number of rotatable bonds is 5. The average Bonchev–Trinajstić information content (AvgIpc) is 2.71. The Morgan fingerprint density at radius 2 is 2.00 bits per heavy atom. The van der Waals surface area contributed by atoms with Crippen molar-refractivity contribution in [2.75, 3.05) is 0 Å². The minimum Gasteiger partial charge on any atom is -0.375 e. The maximum atomic E-state index is 6.19. The van der Waals surface area contributed by atoms with Crippen LogP contribution in [0.2, 0.25) is 4.47 Å². The third kappa shape index (κ3) is 4.67. The van der Waals surface area contributed by atoms with Crippen molar-refractivity contribution in [2.45, 2.75) is 78.4 Å². The van der Waals surface area contributed by atoms with Crippen molar-refractivity contribution in [3.05, 3.63) is 15.0 Å². The quantitative estimate of drug-likeness (QED) is 0.692. The van der Waals surface area contributed by atoms with Gasteiger partial charge in [0, 0.05) is 10.8 Å². The second-order valence-corrected chi connectivity index (χ2v) is 8.75. The topological polar surface area (TPSA) is 22.1 Å². The van der Waals surface area contributed by atoms with Gasteiger partial charge in [-0.25, -0.2) is 4.98 Å². The highest BCUT2D eigenvalue weighted by atomic mass is 35.5. The number of halogens is 1. The first kappa shape index (κ1) is 17.2. The molecule has 1 aliphatic carbocycles. The Balaban J connectivity index is 2.14. The number of hydrogen-bond acceptors (Lipinski definition) is 3. The number of aromatic nitrogens is 1. The molecule has 0 radical (unpaired) electrons. The van der Waals surface area contributed by atoms with Gasteiger partial charge in [0.25, 0.3) is 0 Å². The standard InChI is InChI=1S/C17H28ClNOS/c1-10(2)8-15-16(19-17(18)21-15)13-7-6-12(5)14(9-13)20-11(3)4/h10-14H,6-9H2,1-5H3. The van der Waals surface area contributed by atoms with Crippen molar-refractivity contribution in [2.24, 2.45) is 11.8 Å². The van der Waals surface area contributed by atoms with Gasteiger partial charge >= 0.3 is 0 Å². The van der Waals surface area contributed by atoms with E-state index in [1.54, 1.807) is 11.3 Å². The molecule has 0 aromatic carbocycles. The number of nitrogens with zero attached hydrogens (tertiary/aromatic N) is 1. The Kier molecular flexibility index (Phi) is 6.10. The summed E-state index contributed by atoms with van der Waals surface area (Å²) in [4.78, 5) is 6.04. The molecule has 3 atom stereocenters.